The summed E-state index contributed by atoms with van der Waals surface area (Å²) in [7, 11) is 0. The molecule has 118 valence electrons. The van der Waals surface area contributed by atoms with Gasteiger partial charge >= 0.3 is 0 Å². The highest BCUT2D eigenvalue weighted by molar-refractivity contribution is 5.88. The maximum absolute atomic E-state index is 10.1. The Morgan fingerprint density at radius 1 is 1.18 bits per heavy atom. The molecule has 3 rings (SSSR count). The van der Waals surface area contributed by atoms with Gasteiger partial charge < -0.3 is 15.2 Å². The van der Waals surface area contributed by atoms with Crippen LogP contribution in [-0.2, 0) is 0 Å². The molecule has 0 aliphatic carbocycles. The van der Waals surface area contributed by atoms with Crippen molar-refractivity contribution in [1.82, 2.24) is 10.2 Å². The summed E-state index contributed by atoms with van der Waals surface area (Å²) in [5, 5.41) is 15.8. The van der Waals surface area contributed by atoms with Crippen LogP contribution in [0.3, 0.4) is 0 Å². The standard InChI is InChI=1S/C18H24N2O2/c1-2-22-17-8-7-14-5-3-4-6-15(14)18(17)16(13-21)20-11-9-19-10-12-20/h3-8,16,19,21H,2,9-13H2,1H3/t16-/m0/s1. The largest absolute Gasteiger partial charge is 0.494 e. The average Bonchev–Trinajstić information content (AvgIpc) is 2.58. The summed E-state index contributed by atoms with van der Waals surface area (Å²) in [6.07, 6.45) is 0. The maximum atomic E-state index is 10.1. The summed E-state index contributed by atoms with van der Waals surface area (Å²) in [6.45, 7) is 6.55. The van der Waals surface area contributed by atoms with Crippen LogP contribution >= 0.6 is 0 Å². The van der Waals surface area contributed by atoms with Crippen molar-refractivity contribution in [3.8, 4) is 5.75 Å². The van der Waals surface area contributed by atoms with Crippen LogP contribution < -0.4 is 10.1 Å². The Morgan fingerprint density at radius 2 is 1.95 bits per heavy atom. The number of nitrogens with one attached hydrogen (secondary N) is 1. The predicted octanol–water partition coefficient (Wildman–Crippen LogP) is 2.18. The van der Waals surface area contributed by atoms with Gasteiger partial charge in [-0.2, -0.15) is 0 Å². The molecule has 1 aliphatic heterocycles. The number of hydrogen-bond acceptors (Lipinski definition) is 4. The van der Waals surface area contributed by atoms with E-state index in [0.717, 1.165) is 37.5 Å². The number of piperazine rings is 1. The Morgan fingerprint density at radius 3 is 2.68 bits per heavy atom. The van der Waals surface area contributed by atoms with Crippen LogP contribution in [0, 0.1) is 0 Å². The van der Waals surface area contributed by atoms with E-state index in [4.69, 9.17) is 4.74 Å². The lowest BCUT2D eigenvalue weighted by molar-refractivity contribution is 0.109. The molecule has 0 aromatic heterocycles. The highest BCUT2D eigenvalue weighted by Gasteiger charge is 2.26. The fourth-order valence-corrected chi connectivity index (χ4v) is 3.28. The summed E-state index contributed by atoms with van der Waals surface area (Å²) in [6, 6.07) is 12.4. The number of hydrogen-bond donors (Lipinski definition) is 2. The van der Waals surface area contributed by atoms with E-state index in [9.17, 15) is 5.11 Å². The number of ether oxygens (including phenoxy) is 1. The molecule has 0 bridgehead atoms. The fourth-order valence-electron chi connectivity index (χ4n) is 3.28. The minimum atomic E-state index is -0.0188. The molecular formula is C18H24N2O2. The zero-order valence-electron chi connectivity index (χ0n) is 13.1. The summed E-state index contributed by atoms with van der Waals surface area (Å²) in [5.41, 5.74) is 1.12. The normalized spacial score (nSPS) is 17.5. The van der Waals surface area contributed by atoms with Gasteiger partial charge in [-0.1, -0.05) is 30.3 Å². The summed E-state index contributed by atoms with van der Waals surface area (Å²) < 4.78 is 5.87. The van der Waals surface area contributed by atoms with E-state index in [1.54, 1.807) is 0 Å². The van der Waals surface area contributed by atoms with Crippen LogP contribution in [-0.4, -0.2) is 49.4 Å². The van der Waals surface area contributed by atoms with Crippen LogP contribution in [0.2, 0.25) is 0 Å². The lowest BCUT2D eigenvalue weighted by atomic mass is 9.96. The topological polar surface area (TPSA) is 44.7 Å². The zero-order chi connectivity index (χ0) is 15.4. The van der Waals surface area contributed by atoms with Gasteiger partial charge in [-0.05, 0) is 23.8 Å². The molecule has 2 aromatic rings. The van der Waals surface area contributed by atoms with Crippen molar-refractivity contribution in [2.75, 3.05) is 39.4 Å². The van der Waals surface area contributed by atoms with Crippen molar-refractivity contribution in [2.45, 2.75) is 13.0 Å². The van der Waals surface area contributed by atoms with Crippen molar-refractivity contribution in [3.05, 3.63) is 42.0 Å². The molecule has 0 saturated carbocycles. The Bertz CT molecular complexity index is 624. The lowest BCUT2D eigenvalue weighted by Crippen LogP contribution is -2.46. The molecule has 2 N–H and O–H groups in total. The van der Waals surface area contributed by atoms with E-state index in [-0.39, 0.29) is 12.6 Å². The molecule has 1 saturated heterocycles. The molecule has 1 aliphatic rings. The van der Waals surface area contributed by atoms with Gasteiger partial charge in [0, 0.05) is 31.7 Å². The van der Waals surface area contributed by atoms with Crippen LogP contribution in [0.5, 0.6) is 5.75 Å². The molecule has 22 heavy (non-hydrogen) atoms. The molecular weight excluding hydrogens is 276 g/mol. The van der Waals surface area contributed by atoms with Crippen LogP contribution in [0.4, 0.5) is 0 Å². The molecule has 4 nitrogen and oxygen atoms in total. The molecule has 0 radical (unpaired) electrons. The van der Waals surface area contributed by atoms with Gasteiger partial charge in [-0.3, -0.25) is 4.90 Å². The number of aliphatic hydroxyl groups is 1. The SMILES string of the molecule is CCOc1ccc2ccccc2c1[C@H](CO)N1CCNCC1. The first-order valence-electron chi connectivity index (χ1n) is 8.05. The molecule has 1 fully saturated rings. The van der Waals surface area contributed by atoms with Crippen molar-refractivity contribution in [2.24, 2.45) is 0 Å². The number of nitrogens with zero attached hydrogens (tertiary/aromatic N) is 1. The summed E-state index contributed by atoms with van der Waals surface area (Å²) in [4.78, 5) is 2.35. The van der Waals surface area contributed by atoms with Crippen LogP contribution in [0.1, 0.15) is 18.5 Å². The molecule has 1 atom stereocenters. The van der Waals surface area contributed by atoms with Gasteiger partial charge in [0.15, 0.2) is 0 Å². The third-order valence-electron chi connectivity index (χ3n) is 4.33. The maximum Gasteiger partial charge on any atom is 0.124 e. The third-order valence-corrected chi connectivity index (χ3v) is 4.33. The summed E-state index contributed by atoms with van der Waals surface area (Å²) >= 11 is 0. The van der Waals surface area contributed by atoms with Gasteiger partial charge in [-0.15, -0.1) is 0 Å². The lowest BCUT2D eigenvalue weighted by Gasteiger charge is -2.35. The van der Waals surface area contributed by atoms with Gasteiger partial charge in [0.2, 0.25) is 0 Å². The van der Waals surface area contributed by atoms with E-state index in [1.165, 1.54) is 10.8 Å². The zero-order valence-corrected chi connectivity index (χ0v) is 13.1. The van der Waals surface area contributed by atoms with Crippen LogP contribution in [0.25, 0.3) is 10.8 Å². The number of rotatable bonds is 5. The van der Waals surface area contributed by atoms with Crippen molar-refractivity contribution in [1.29, 1.82) is 0 Å². The second kappa shape index (κ2) is 7.09. The molecule has 0 amide bonds. The molecule has 0 spiro atoms. The second-order valence-electron chi connectivity index (χ2n) is 5.62. The number of aliphatic hydroxyl groups excluding tert-OH is 1. The number of benzene rings is 2. The first-order valence-corrected chi connectivity index (χ1v) is 8.05. The smallest absolute Gasteiger partial charge is 0.124 e. The van der Waals surface area contributed by atoms with E-state index < -0.39 is 0 Å². The van der Waals surface area contributed by atoms with Crippen molar-refractivity contribution < 1.29 is 9.84 Å². The average molecular weight is 300 g/mol. The van der Waals surface area contributed by atoms with Crippen molar-refractivity contribution >= 4 is 10.8 Å². The Hall–Kier alpha value is -1.62. The first-order chi connectivity index (χ1) is 10.8. The first kappa shape index (κ1) is 15.3. The van der Waals surface area contributed by atoms with Gasteiger partial charge in [-0.25, -0.2) is 0 Å². The van der Waals surface area contributed by atoms with Crippen molar-refractivity contribution in [3.63, 3.8) is 0 Å². The van der Waals surface area contributed by atoms with Crippen LogP contribution in [0.15, 0.2) is 36.4 Å². The van der Waals surface area contributed by atoms with Gasteiger partial charge in [0.05, 0.1) is 19.3 Å². The Kier molecular flexibility index (Phi) is 4.93. The van der Waals surface area contributed by atoms with E-state index in [0.29, 0.717) is 6.61 Å². The predicted molar refractivity (Wildman–Crippen MR) is 89.4 cm³/mol. The minimum Gasteiger partial charge on any atom is -0.494 e. The highest BCUT2D eigenvalue weighted by atomic mass is 16.5. The van der Waals surface area contributed by atoms with E-state index in [1.807, 2.05) is 25.1 Å². The number of fused-ring (bicyclic) bond motifs is 1. The Balaban J connectivity index is 2.09. The highest BCUT2D eigenvalue weighted by Crippen LogP contribution is 2.36. The molecule has 1 heterocycles. The molecule has 4 heteroatoms. The quantitative estimate of drug-likeness (QED) is 0.888. The van der Waals surface area contributed by atoms with E-state index in [2.05, 4.69) is 28.4 Å². The second-order valence-corrected chi connectivity index (χ2v) is 5.62. The molecule has 0 unspecified atom stereocenters. The minimum absolute atomic E-state index is 0.0188. The van der Waals surface area contributed by atoms with Gasteiger partial charge in [0.1, 0.15) is 5.75 Å². The monoisotopic (exact) mass is 300 g/mol. The third kappa shape index (κ3) is 2.95. The van der Waals surface area contributed by atoms with Gasteiger partial charge in [0.25, 0.3) is 0 Å². The van der Waals surface area contributed by atoms with E-state index >= 15 is 0 Å². The summed E-state index contributed by atoms with van der Waals surface area (Å²) in [5.74, 6) is 0.888. The fraction of sp³-hybridized carbons (Fsp3) is 0.444. The Labute approximate surface area is 131 Å². The molecule has 2 aromatic carbocycles.